The monoisotopic (exact) mass is 226 g/mol. The average molecular weight is 226 g/mol. The fourth-order valence-electron chi connectivity index (χ4n) is 1.00. The molecular formula is C10H19NaO4. The average Bonchev–Trinajstić information content (AvgIpc) is 2.13. The van der Waals surface area contributed by atoms with E-state index in [-0.39, 0.29) is 41.5 Å². The summed E-state index contributed by atoms with van der Waals surface area (Å²) in [6.45, 7) is 4.38. The predicted octanol–water partition coefficient (Wildman–Crippen LogP) is 1.02. The van der Waals surface area contributed by atoms with Gasteiger partial charge in [0.2, 0.25) is 0 Å². The topological polar surface area (TPSA) is 52.6 Å². The van der Waals surface area contributed by atoms with Crippen LogP contribution in [0.2, 0.25) is 0 Å². The molecule has 0 fully saturated rings. The van der Waals surface area contributed by atoms with Crippen molar-refractivity contribution in [3.63, 3.8) is 0 Å². The summed E-state index contributed by atoms with van der Waals surface area (Å²) < 4.78 is 9.48. The Balaban J connectivity index is 0. The molecule has 4 nitrogen and oxygen atoms in total. The van der Waals surface area contributed by atoms with Crippen molar-refractivity contribution < 1.29 is 19.1 Å². The molecule has 84 valence electrons. The van der Waals surface area contributed by atoms with E-state index < -0.39 is 0 Å². The first-order chi connectivity index (χ1) is 6.70. The molecule has 0 unspecified atom stereocenters. The summed E-state index contributed by atoms with van der Waals surface area (Å²) in [5, 5.41) is 0. The number of carbonyl (C=O) groups is 2. The standard InChI is InChI=1S/C10H18O4.Na.H/c1-3-13-9(11)7-5-6-8-10(12)14-4-2;;/h3-8H2,1-2H3;;. The Hall–Kier alpha value is -0.0600. The summed E-state index contributed by atoms with van der Waals surface area (Å²) in [6, 6.07) is 0. The Morgan fingerprint density at radius 1 is 0.867 bits per heavy atom. The number of hydrogen-bond acceptors (Lipinski definition) is 4. The van der Waals surface area contributed by atoms with Crippen LogP contribution in [0.15, 0.2) is 0 Å². The molecule has 0 saturated heterocycles. The van der Waals surface area contributed by atoms with E-state index >= 15 is 0 Å². The van der Waals surface area contributed by atoms with Crippen LogP contribution in [0.4, 0.5) is 0 Å². The molecule has 0 rings (SSSR count). The van der Waals surface area contributed by atoms with Gasteiger partial charge in [-0.05, 0) is 26.7 Å². The van der Waals surface area contributed by atoms with Crippen LogP contribution in [0.25, 0.3) is 0 Å². The first-order valence-corrected chi connectivity index (χ1v) is 5.02. The number of rotatable bonds is 7. The summed E-state index contributed by atoms with van der Waals surface area (Å²) in [6.07, 6.45) is 2.12. The zero-order valence-corrected chi connectivity index (χ0v) is 8.88. The third-order valence-corrected chi connectivity index (χ3v) is 1.62. The van der Waals surface area contributed by atoms with Crippen LogP contribution in [-0.4, -0.2) is 54.7 Å². The van der Waals surface area contributed by atoms with Gasteiger partial charge in [0.15, 0.2) is 0 Å². The van der Waals surface area contributed by atoms with Gasteiger partial charge in [0.05, 0.1) is 13.2 Å². The van der Waals surface area contributed by atoms with E-state index in [1.165, 1.54) is 0 Å². The van der Waals surface area contributed by atoms with Gasteiger partial charge in [0.25, 0.3) is 0 Å². The molecular weight excluding hydrogens is 207 g/mol. The second-order valence-corrected chi connectivity index (χ2v) is 2.82. The zero-order chi connectivity index (χ0) is 10.8. The Kier molecular flexibility index (Phi) is 13.9. The van der Waals surface area contributed by atoms with Crippen molar-refractivity contribution in [2.75, 3.05) is 13.2 Å². The molecule has 0 aromatic carbocycles. The van der Waals surface area contributed by atoms with Gasteiger partial charge in [0, 0.05) is 12.8 Å². The molecule has 0 aromatic rings. The van der Waals surface area contributed by atoms with Gasteiger partial charge >= 0.3 is 41.5 Å². The SMILES string of the molecule is CCOC(=O)CCCCC(=O)OCC.[NaH]. The molecule has 15 heavy (non-hydrogen) atoms. The van der Waals surface area contributed by atoms with Gasteiger partial charge in [-0.15, -0.1) is 0 Å². The Bertz CT molecular complexity index is 162. The maximum atomic E-state index is 10.9. The van der Waals surface area contributed by atoms with Crippen LogP contribution in [0.3, 0.4) is 0 Å². The number of hydrogen-bond donors (Lipinski definition) is 0. The quantitative estimate of drug-likeness (QED) is 0.369. The first-order valence-electron chi connectivity index (χ1n) is 5.02. The van der Waals surface area contributed by atoms with Gasteiger partial charge < -0.3 is 9.47 Å². The fourth-order valence-corrected chi connectivity index (χ4v) is 1.00. The fraction of sp³-hybridized carbons (Fsp3) is 0.800. The molecule has 0 aliphatic rings. The number of esters is 2. The predicted molar refractivity (Wildman–Crippen MR) is 58.9 cm³/mol. The molecule has 0 spiro atoms. The van der Waals surface area contributed by atoms with E-state index in [9.17, 15) is 9.59 Å². The van der Waals surface area contributed by atoms with Crippen molar-refractivity contribution in [1.82, 2.24) is 0 Å². The third kappa shape index (κ3) is 11.9. The van der Waals surface area contributed by atoms with Crippen LogP contribution in [0, 0.1) is 0 Å². The summed E-state index contributed by atoms with van der Waals surface area (Å²) in [5.74, 6) is -0.396. The molecule has 0 heterocycles. The van der Waals surface area contributed by atoms with Crippen molar-refractivity contribution in [3.05, 3.63) is 0 Å². The number of carbonyl (C=O) groups excluding carboxylic acids is 2. The van der Waals surface area contributed by atoms with Crippen LogP contribution in [0.1, 0.15) is 39.5 Å². The van der Waals surface area contributed by atoms with E-state index in [0.29, 0.717) is 38.9 Å². The van der Waals surface area contributed by atoms with Gasteiger partial charge in [-0.2, -0.15) is 0 Å². The van der Waals surface area contributed by atoms with E-state index in [0.717, 1.165) is 0 Å². The second kappa shape index (κ2) is 12.0. The summed E-state index contributed by atoms with van der Waals surface area (Å²) in [4.78, 5) is 21.8. The summed E-state index contributed by atoms with van der Waals surface area (Å²) in [5.41, 5.74) is 0. The Morgan fingerprint density at radius 3 is 1.47 bits per heavy atom. The van der Waals surface area contributed by atoms with Crippen molar-refractivity contribution in [1.29, 1.82) is 0 Å². The minimum absolute atomic E-state index is 0. The third-order valence-electron chi connectivity index (χ3n) is 1.62. The van der Waals surface area contributed by atoms with Crippen molar-refractivity contribution in [2.45, 2.75) is 39.5 Å². The zero-order valence-electron chi connectivity index (χ0n) is 8.88. The second-order valence-electron chi connectivity index (χ2n) is 2.82. The summed E-state index contributed by atoms with van der Waals surface area (Å²) >= 11 is 0. The van der Waals surface area contributed by atoms with Crippen LogP contribution >= 0.6 is 0 Å². The van der Waals surface area contributed by atoms with Crippen molar-refractivity contribution in [3.8, 4) is 0 Å². The molecule has 0 amide bonds. The molecule has 0 radical (unpaired) electrons. The van der Waals surface area contributed by atoms with E-state index in [1.54, 1.807) is 13.8 Å². The molecule has 0 saturated carbocycles. The normalized spacial score (nSPS) is 8.93. The van der Waals surface area contributed by atoms with E-state index in [4.69, 9.17) is 9.47 Å². The first kappa shape index (κ1) is 17.3. The molecule has 0 N–H and O–H groups in total. The molecule has 0 aromatic heterocycles. The van der Waals surface area contributed by atoms with Gasteiger partial charge in [-0.1, -0.05) is 0 Å². The van der Waals surface area contributed by atoms with Crippen LogP contribution < -0.4 is 0 Å². The molecule has 0 aliphatic heterocycles. The molecule has 0 bridgehead atoms. The maximum absolute atomic E-state index is 10.9. The number of unbranched alkanes of at least 4 members (excludes halogenated alkanes) is 1. The van der Waals surface area contributed by atoms with E-state index in [2.05, 4.69) is 0 Å². The molecule has 0 atom stereocenters. The molecule has 0 aliphatic carbocycles. The van der Waals surface area contributed by atoms with Crippen molar-refractivity contribution >= 4 is 41.5 Å². The van der Waals surface area contributed by atoms with E-state index in [1.807, 2.05) is 0 Å². The Morgan fingerprint density at radius 2 is 1.20 bits per heavy atom. The minimum atomic E-state index is -0.198. The molecule has 5 heteroatoms. The van der Waals surface area contributed by atoms with Gasteiger partial charge in [0.1, 0.15) is 0 Å². The van der Waals surface area contributed by atoms with Gasteiger partial charge in [-0.25, -0.2) is 0 Å². The van der Waals surface area contributed by atoms with Crippen LogP contribution in [-0.2, 0) is 19.1 Å². The van der Waals surface area contributed by atoms with Crippen molar-refractivity contribution in [2.24, 2.45) is 0 Å². The number of ether oxygens (including phenoxy) is 2. The summed E-state index contributed by atoms with van der Waals surface area (Å²) in [7, 11) is 0. The van der Waals surface area contributed by atoms with Crippen LogP contribution in [0.5, 0.6) is 0 Å². The Labute approximate surface area is 113 Å². The van der Waals surface area contributed by atoms with Gasteiger partial charge in [-0.3, -0.25) is 9.59 Å².